The van der Waals surface area contributed by atoms with Crippen LogP contribution in [0.1, 0.15) is 19.3 Å². The summed E-state index contributed by atoms with van der Waals surface area (Å²) < 4.78 is 0. The number of aliphatic hydroxyl groups is 1. The molecule has 1 N–H and O–H groups in total. The second kappa shape index (κ2) is 5.55. The second-order valence-electron chi connectivity index (χ2n) is 3.99. The molecule has 0 radical (unpaired) electrons. The van der Waals surface area contributed by atoms with Gasteiger partial charge in [0.2, 0.25) is 0 Å². The van der Waals surface area contributed by atoms with Crippen molar-refractivity contribution in [3.8, 4) is 0 Å². The molecule has 0 bridgehead atoms. The molecule has 1 aliphatic carbocycles. The van der Waals surface area contributed by atoms with Crippen molar-refractivity contribution in [3.05, 3.63) is 39.6 Å². The molecule has 2 rings (SSSR count). The Morgan fingerprint density at radius 3 is 2.72 bits per heavy atom. The van der Waals surface area contributed by atoms with E-state index in [1.54, 1.807) is 18.2 Å². The number of Topliss-reactive ketones (excluding diaryl/α,β-unsaturated/α-hetero) is 1. The molecule has 0 amide bonds. The molecule has 1 aromatic rings. The Kier molecular flexibility index (Phi) is 4.04. The van der Waals surface area contributed by atoms with Gasteiger partial charge in [0.25, 0.3) is 0 Å². The van der Waals surface area contributed by atoms with Gasteiger partial charge in [-0.05, 0) is 24.6 Å². The quantitative estimate of drug-likeness (QED) is 0.825. The van der Waals surface area contributed by atoms with Gasteiger partial charge >= 0.3 is 0 Å². The first-order chi connectivity index (χ1) is 8.58. The summed E-state index contributed by atoms with van der Waals surface area (Å²) in [5.41, 5.74) is 0.784. The van der Waals surface area contributed by atoms with E-state index in [-0.39, 0.29) is 17.1 Å². The molecule has 0 atom stereocenters. The maximum Gasteiger partial charge on any atom is 0.167 e. The molecule has 3 nitrogen and oxygen atoms in total. The fourth-order valence-electron chi connectivity index (χ4n) is 1.71. The highest BCUT2D eigenvalue weighted by Crippen LogP contribution is 2.28. The first kappa shape index (κ1) is 13.1. The van der Waals surface area contributed by atoms with E-state index in [4.69, 9.17) is 23.2 Å². The summed E-state index contributed by atoms with van der Waals surface area (Å²) in [6.07, 6.45) is 3.01. The Bertz CT molecular complexity index is 550. The summed E-state index contributed by atoms with van der Waals surface area (Å²) in [4.78, 5) is 15.7. The molecule has 1 aliphatic rings. The molecular weight excluding hydrogens is 273 g/mol. The van der Waals surface area contributed by atoms with Gasteiger partial charge in [0.1, 0.15) is 5.76 Å². The van der Waals surface area contributed by atoms with E-state index in [0.29, 0.717) is 35.0 Å². The zero-order valence-electron chi connectivity index (χ0n) is 9.49. The van der Waals surface area contributed by atoms with Crippen molar-refractivity contribution >= 4 is 40.9 Å². The molecule has 94 valence electrons. The monoisotopic (exact) mass is 283 g/mol. The van der Waals surface area contributed by atoms with Crippen molar-refractivity contribution in [1.82, 2.24) is 0 Å². The SMILES string of the molecule is O=C1CCCC(O)=C1C=Nc1ccc(Cl)cc1Cl. The van der Waals surface area contributed by atoms with Crippen LogP contribution in [0.25, 0.3) is 0 Å². The van der Waals surface area contributed by atoms with Crippen LogP contribution in [0.2, 0.25) is 10.0 Å². The third kappa shape index (κ3) is 2.92. The molecule has 5 heteroatoms. The number of halogens is 2. The highest BCUT2D eigenvalue weighted by molar-refractivity contribution is 6.36. The molecule has 0 saturated heterocycles. The van der Waals surface area contributed by atoms with E-state index in [0.717, 1.165) is 0 Å². The van der Waals surface area contributed by atoms with Crippen LogP contribution in [-0.4, -0.2) is 17.1 Å². The minimum absolute atomic E-state index is 0.0902. The molecule has 0 spiro atoms. The van der Waals surface area contributed by atoms with Crippen LogP contribution in [0.15, 0.2) is 34.5 Å². The van der Waals surface area contributed by atoms with Crippen LogP contribution in [0.5, 0.6) is 0 Å². The van der Waals surface area contributed by atoms with Crippen LogP contribution < -0.4 is 0 Å². The van der Waals surface area contributed by atoms with Crippen molar-refractivity contribution in [2.75, 3.05) is 0 Å². The minimum Gasteiger partial charge on any atom is -0.512 e. The number of rotatable bonds is 2. The molecule has 0 heterocycles. The number of carbonyl (C=O) groups is 1. The van der Waals surface area contributed by atoms with E-state index in [9.17, 15) is 9.90 Å². The zero-order chi connectivity index (χ0) is 13.1. The second-order valence-corrected chi connectivity index (χ2v) is 4.83. The number of ketones is 1. The maximum atomic E-state index is 11.6. The smallest absolute Gasteiger partial charge is 0.167 e. The van der Waals surface area contributed by atoms with Gasteiger partial charge in [0.05, 0.1) is 16.3 Å². The fourth-order valence-corrected chi connectivity index (χ4v) is 2.17. The van der Waals surface area contributed by atoms with Gasteiger partial charge in [-0.25, -0.2) is 0 Å². The molecule has 18 heavy (non-hydrogen) atoms. The number of carbonyl (C=O) groups excluding carboxylic acids is 1. The Morgan fingerprint density at radius 1 is 1.28 bits per heavy atom. The lowest BCUT2D eigenvalue weighted by atomic mass is 9.97. The maximum absolute atomic E-state index is 11.6. The number of benzene rings is 1. The van der Waals surface area contributed by atoms with Crippen LogP contribution in [0.3, 0.4) is 0 Å². The average molecular weight is 284 g/mol. The van der Waals surface area contributed by atoms with E-state index in [2.05, 4.69) is 4.99 Å². The number of hydrogen-bond donors (Lipinski definition) is 1. The molecule has 0 fully saturated rings. The summed E-state index contributed by atoms with van der Waals surface area (Å²) >= 11 is 11.7. The Labute approximate surface area is 115 Å². The highest BCUT2D eigenvalue weighted by atomic mass is 35.5. The predicted molar refractivity (Wildman–Crippen MR) is 73.1 cm³/mol. The zero-order valence-corrected chi connectivity index (χ0v) is 11.0. The minimum atomic E-state index is -0.0902. The van der Waals surface area contributed by atoms with Crippen LogP contribution in [-0.2, 0) is 4.79 Å². The van der Waals surface area contributed by atoms with Gasteiger partial charge < -0.3 is 5.11 Å². The number of allylic oxidation sites excluding steroid dienone is 2. The lowest BCUT2D eigenvalue weighted by molar-refractivity contribution is -0.115. The summed E-state index contributed by atoms with van der Waals surface area (Å²) in [7, 11) is 0. The van der Waals surface area contributed by atoms with Crippen LogP contribution >= 0.6 is 23.2 Å². The molecular formula is C13H11Cl2NO2. The van der Waals surface area contributed by atoms with E-state index >= 15 is 0 Å². The van der Waals surface area contributed by atoms with Crippen LogP contribution in [0.4, 0.5) is 5.69 Å². The summed E-state index contributed by atoms with van der Waals surface area (Å²) in [5, 5.41) is 10.6. The van der Waals surface area contributed by atoms with Gasteiger partial charge in [-0.15, -0.1) is 0 Å². The standard InChI is InChI=1S/C13H11Cl2NO2/c14-8-4-5-11(10(15)6-8)16-7-9-12(17)2-1-3-13(9)18/h4-7,17H,1-3H2. The third-order valence-electron chi connectivity index (χ3n) is 2.67. The largest absolute Gasteiger partial charge is 0.512 e. The summed E-state index contributed by atoms with van der Waals surface area (Å²) in [6.45, 7) is 0. The Hall–Kier alpha value is -1.32. The fraction of sp³-hybridized carbons (Fsp3) is 0.231. The van der Waals surface area contributed by atoms with Crippen molar-refractivity contribution in [3.63, 3.8) is 0 Å². The van der Waals surface area contributed by atoms with Gasteiger partial charge in [-0.1, -0.05) is 23.2 Å². The lowest BCUT2D eigenvalue weighted by Gasteiger charge is -2.11. The Balaban J connectivity index is 2.27. The van der Waals surface area contributed by atoms with E-state index in [1.165, 1.54) is 6.21 Å². The topological polar surface area (TPSA) is 49.7 Å². The van der Waals surface area contributed by atoms with Gasteiger partial charge in [-0.2, -0.15) is 0 Å². The van der Waals surface area contributed by atoms with Crippen molar-refractivity contribution in [1.29, 1.82) is 0 Å². The molecule has 0 unspecified atom stereocenters. The lowest BCUT2D eigenvalue weighted by Crippen LogP contribution is -2.12. The van der Waals surface area contributed by atoms with Crippen molar-refractivity contribution in [2.45, 2.75) is 19.3 Å². The molecule has 0 aliphatic heterocycles. The first-order valence-corrected chi connectivity index (χ1v) is 6.28. The molecule has 0 saturated carbocycles. The number of hydrogen-bond acceptors (Lipinski definition) is 3. The van der Waals surface area contributed by atoms with Gasteiger partial charge in [-0.3, -0.25) is 9.79 Å². The van der Waals surface area contributed by atoms with E-state index in [1.807, 2.05) is 0 Å². The number of aliphatic hydroxyl groups excluding tert-OH is 1. The highest BCUT2D eigenvalue weighted by Gasteiger charge is 2.18. The van der Waals surface area contributed by atoms with Crippen LogP contribution in [0, 0.1) is 0 Å². The third-order valence-corrected chi connectivity index (χ3v) is 3.21. The normalized spacial score (nSPS) is 16.7. The summed E-state index contributed by atoms with van der Waals surface area (Å²) in [6, 6.07) is 4.90. The van der Waals surface area contributed by atoms with Gasteiger partial charge in [0, 0.05) is 24.1 Å². The van der Waals surface area contributed by atoms with Crippen molar-refractivity contribution < 1.29 is 9.90 Å². The van der Waals surface area contributed by atoms with Crippen molar-refractivity contribution in [2.24, 2.45) is 4.99 Å². The number of nitrogens with zero attached hydrogens (tertiary/aromatic N) is 1. The van der Waals surface area contributed by atoms with Gasteiger partial charge in [0.15, 0.2) is 5.78 Å². The Morgan fingerprint density at radius 2 is 2.06 bits per heavy atom. The number of aliphatic imine (C=N–C) groups is 1. The summed E-state index contributed by atoms with van der Waals surface area (Å²) in [5.74, 6) is 0.00710. The molecule has 1 aromatic carbocycles. The first-order valence-electron chi connectivity index (χ1n) is 5.52. The predicted octanol–water partition coefficient (Wildman–Crippen LogP) is 4.26. The van der Waals surface area contributed by atoms with E-state index < -0.39 is 0 Å². The average Bonchev–Trinajstić information content (AvgIpc) is 2.31. The molecule has 0 aromatic heterocycles.